The lowest BCUT2D eigenvalue weighted by Gasteiger charge is -2.11. The number of aliphatic hydroxyl groups is 1. The lowest BCUT2D eigenvalue weighted by atomic mass is 10.1. The Morgan fingerprint density at radius 2 is 2.05 bits per heavy atom. The molecule has 0 aliphatic rings. The molecule has 0 atom stereocenters. The van der Waals surface area contributed by atoms with Crippen molar-refractivity contribution in [2.24, 2.45) is 0 Å². The standard InChI is InChI=1S/C15H19N3O2/c1-12-11-17-14(15(20)18(12)9-10-19)16-8-7-13-5-3-2-4-6-13/h2-6,11,19H,7-10H2,1H3,(H,16,17). The van der Waals surface area contributed by atoms with Gasteiger partial charge in [0.25, 0.3) is 5.56 Å². The average molecular weight is 273 g/mol. The van der Waals surface area contributed by atoms with Gasteiger partial charge in [-0.25, -0.2) is 4.98 Å². The van der Waals surface area contributed by atoms with Gasteiger partial charge < -0.3 is 15.0 Å². The normalized spacial score (nSPS) is 10.5. The first kappa shape index (κ1) is 14.3. The molecule has 2 rings (SSSR count). The topological polar surface area (TPSA) is 67.2 Å². The third kappa shape index (κ3) is 3.45. The van der Waals surface area contributed by atoms with Crippen molar-refractivity contribution in [3.8, 4) is 0 Å². The van der Waals surface area contributed by atoms with E-state index >= 15 is 0 Å². The van der Waals surface area contributed by atoms with E-state index in [2.05, 4.69) is 10.3 Å². The molecule has 0 spiro atoms. The van der Waals surface area contributed by atoms with Gasteiger partial charge in [-0.05, 0) is 18.9 Å². The minimum absolute atomic E-state index is 0.0613. The number of aryl methyl sites for hydroxylation is 1. The smallest absolute Gasteiger partial charge is 0.293 e. The summed E-state index contributed by atoms with van der Waals surface area (Å²) in [5, 5.41) is 12.0. The molecule has 0 aliphatic carbocycles. The largest absolute Gasteiger partial charge is 0.395 e. The molecule has 5 heteroatoms. The summed E-state index contributed by atoms with van der Waals surface area (Å²) in [5.41, 5.74) is 1.77. The van der Waals surface area contributed by atoms with Crippen LogP contribution in [-0.2, 0) is 13.0 Å². The maximum Gasteiger partial charge on any atom is 0.293 e. The SMILES string of the molecule is Cc1cnc(NCCc2ccccc2)c(=O)n1CCO. The fourth-order valence-electron chi connectivity index (χ4n) is 2.04. The molecule has 2 aromatic rings. The van der Waals surface area contributed by atoms with Crippen molar-refractivity contribution in [3.05, 3.63) is 58.1 Å². The molecule has 0 radical (unpaired) electrons. The van der Waals surface area contributed by atoms with Crippen molar-refractivity contribution in [2.45, 2.75) is 19.9 Å². The lowest BCUT2D eigenvalue weighted by molar-refractivity contribution is 0.273. The molecule has 1 aromatic carbocycles. The van der Waals surface area contributed by atoms with Crippen LogP contribution in [0, 0.1) is 6.92 Å². The molecular weight excluding hydrogens is 254 g/mol. The molecule has 0 saturated carbocycles. The average Bonchev–Trinajstić information content (AvgIpc) is 2.47. The van der Waals surface area contributed by atoms with Crippen molar-refractivity contribution >= 4 is 5.82 Å². The number of hydrogen-bond acceptors (Lipinski definition) is 4. The highest BCUT2D eigenvalue weighted by molar-refractivity contribution is 5.32. The minimum Gasteiger partial charge on any atom is -0.395 e. The molecule has 5 nitrogen and oxygen atoms in total. The molecule has 0 saturated heterocycles. The van der Waals surface area contributed by atoms with Gasteiger partial charge in [0.05, 0.1) is 6.61 Å². The van der Waals surface area contributed by atoms with E-state index in [-0.39, 0.29) is 12.2 Å². The molecular formula is C15H19N3O2. The van der Waals surface area contributed by atoms with E-state index in [1.54, 1.807) is 13.1 Å². The van der Waals surface area contributed by atoms with Crippen LogP contribution in [0.1, 0.15) is 11.3 Å². The monoisotopic (exact) mass is 273 g/mol. The first-order valence-corrected chi connectivity index (χ1v) is 6.67. The summed E-state index contributed by atoms with van der Waals surface area (Å²) in [6, 6.07) is 10.1. The van der Waals surface area contributed by atoms with Crippen LogP contribution in [0.25, 0.3) is 0 Å². The molecule has 0 aliphatic heterocycles. The lowest BCUT2D eigenvalue weighted by Crippen LogP contribution is -2.28. The highest BCUT2D eigenvalue weighted by Crippen LogP contribution is 2.02. The van der Waals surface area contributed by atoms with Crippen molar-refractivity contribution in [2.75, 3.05) is 18.5 Å². The maximum atomic E-state index is 12.1. The zero-order chi connectivity index (χ0) is 14.4. The van der Waals surface area contributed by atoms with Crippen LogP contribution < -0.4 is 10.9 Å². The summed E-state index contributed by atoms with van der Waals surface area (Å²) in [6.07, 6.45) is 2.47. The second-order valence-electron chi connectivity index (χ2n) is 4.59. The second-order valence-corrected chi connectivity index (χ2v) is 4.59. The third-order valence-corrected chi connectivity index (χ3v) is 3.13. The number of aliphatic hydroxyl groups excluding tert-OH is 1. The van der Waals surface area contributed by atoms with E-state index < -0.39 is 0 Å². The molecule has 0 amide bonds. The number of anilines is 1. The van der Waals surface area contributed by atoms with Crippen LogP contribution in [0.4, 0.5) is 5.82 Å². The van der Waals surface area contributed by atoms with E-state index in [4.69, 9.17) is 5.11 Å². The summed E-state index contributed by atoms with van der Waals surface area (Å²) in [6.45, 7) is 2.68. The van der Waals surface area contributed by atoms with Gasteiger partial charge in [-0.15, -0.1) is 0 Å². The third-order valence-electron chi connectivity index (χ3n) is 3.13. The number of hydrogen-bond donors (Lipinski definition) is 2. The maximum absolute atomic E-state index is 12.1. The molecule has 20 heavy (non-hydrogen) atoms. The predicted molar refractivity (Wildman–Crippen MR) is 79.0 cm³/mol. The first-order valence-electron chi connectivity index (χ1n) is 6.67. The van der Waals surface area contributed by atoms with Gasteiger partial charge >= 0.3 is 0 Å². The molecule has 1 aromatic heterocycles. The predicted octanol–water partition coefficient (Wildman–Crippen LogP) is 1.20. The van der Waals surface area contributed by atoms with Crippen LogP contribution in [0.2, 0.25) is 0 Å². The highest BCUT2D eigenvalue weighted by Gasteiger charge is 2.06. The van der Waals surface area contributed by atoms with Crippen LogP contribution in [0.3, 0.4) is 0 Å². The van der Waals surface area contributed by atoms with Crippen molar-refractivity contribution in [3.63, 3.8) is 0 Å². The summed E-state index contributed by atoms with van der Waals surface area (Å²) >= 11 is 0. The van der Waals surface area contributed by atoms with Crippen molar-refractivity contribution in [1.29, 1.82) is 0 Å². The number of benzene rings is 1. The van der Waals surface area contributed by atoms with Gasteiger partial charge in [0, 0.05) is 25.0 Å². The molecule has 0 unspecified atom stereocenters. The summed E-state index contributed by atoms with van der Waals surface area (Å²) in [5.74, 6) is 0.333. The molecule has 0 bridgehead atoms. The summed E-state index contributed by atoms with van der Waals surface area (Å²) < 4.78 is 1.53. The van der Waals surface area contributed by atoms with Gasteiger partial charge in [-0.2, -0.15) is 0 Å². The van der Waals surface area contributed by atoms with Crippen LogP contribution in [-0.4, -0.2) is 27.8 Å². The van der Waals surface area contributed by atoms with Crippen molar-refractivity contribution < 1.29 is 5.11 Å². The fraction of sp³-hybridized carbons (Fsp3) is 0.333. The van der Waals surface area contributed by atoms with Gasteiger partial charge in [0.15, 0.2) is 5.82 Å². The number of rotatable bonds is 6. The van der Waals surface area contributed by atoms with Crippen molar-refractivity contribution in [1.82, 2.24) is 9.55 Å². The second kappa shape index (κ2) is 6.86. The Labute approximate surface area is 117 Å². The van der Waals surface area contributed by atoms with E-state index in [9.17, 15) is 4.79 Å². The fourth-order valence-corrected chi connectivity index (χ4v) is 2.04. The van der Waals surface area contributed by atoms with Gasteiger partial charge in [-0.1, -0.05) is 30.3 Å². The molecule has 2 N–H and O–H groups in total. The van der Waals surface area contributed by atoms with Crippen LogP contribution in [0.5, 0.6) is 0 Å². The van der Waals surface area contributed by atoms with E-state index in [1.165, 1.54) is 10.1 Å². The molecule has 106 valence electrons. The quantitative estimate of drug-likeness (QED) is 0.830. The van der Waals surface area contributed by atoms with Gasteiger partial charge in [-0.3, -0.25) is 4.79 Å². The highest BCUT2D eigenvalue weighted by atomic mass is 16.3. The van der Waals surface area contributed by atoms with E-state index in [1.807, 2.05) is 30.3 Å². The van der Waals surface area contributed by atoms with Crippen LogP contribution >= 0.6 is 0 Å². The Morgan fingerprint density at radius 1 is 1.30 bits per heavy atom. The number of aromatic nitrogens is 2. The Hall–Kier alpha value is -2.14. The zero-order valence-corrected chi connectivity index (χ0v) is 11.5. The Morgan fingerprint density at radius 3 is 2.75 bits per heavy atom. The number of nitrogens with one attached hydrogen (secondary N) is 1. The molecule has 0 fully saturated rings. The van der Waals surface area contributed by atoms with Crippen LogP contribution in [0.15, 0.2) is 41.3 Å². The van der Waals surface area contributed by atoms with E-state index in [0.29, 0.717) is 18.9 Å². The summed E-state index contributed by atoms with van der Waals surface area (Å²) in [4.78, 5) is 16.3. The van der Waals surface area contributed by atoms with Gasteiger partial charge in [0.1, 0.15) is 0 Å². The minimum atomic E-state index is -0.188. The Bertz CT molecular complexity index is 608. The zero-order valence-electron chi connectivity index (χ0n) is 11.5. The Balaban J connectivity index is 2.03. The summed E-state index contributed by atoms with van der Waals surface area (Å²) in [7, 11) is 0. The van der Waals surface area contributed by atoms with E-state index in [0.717, 1.165) is 12.1 Å². The first-order chi connectivity index (χ1) is 9.72. The molecule has 1 heterocycles. The van der Waals surface area contributed by atoms with Gasteiger partial charge in [0.2, 0.25) is 0 Å². The number of nitrogens with zero attached hydrogens (tertiary/aromatic N) is 2. The Kier molecular flexibility index (Phi) is 4.90.